The third kappa shape index (κ3) is 5.21. The molecule has 3 aromatic heterocycles. The summed E-state index contributed by atoms with van der Waals surface area (Å²) in [5, 5.41) is 4.92. The quantitative estimate of drug-likeness (QED) is 0.316. The van der Waals surface area contributed by atoms with Gasteiger partial charge in [0.2, 0.25) is 0 Å². The van der Waals surface area contributed by atoms with Crippen molar-refractivity contribution in [2.75, 3.05) is 0 Å². The Balaban J connectivity index is 1.43. The van der Waals surface area contributed by atoms with Crippen molar-refractivity contribution < 1.29 is 9.53 Å². The molecule has 0 fully saturated rings. The Kier molecular flexibility index (Phi) is 6.42. The molecular formula is C25H23ClN4O3. The van der Waals surface area contributed by atoms with Crippen LogP contribution in [0.5, 0.6) is 0 Å². The number of hydrogen-bond acceptors (Lipinski definition) is 5. The first kappa shape index (κ1) is 22.5. The van der Waals surface area contributed by atoms with Crippen molar-refractivity contribution in [3.8, 4) is 0 Å². The van der Waals surface area contributed by atoms with Crippen LogP contribution in [-0.2, 0) is 22.7 Å². The van der Waals surface area contributed by atoms with Crippen molar-refractivity contribution in [2.45, 2.75) is 33.9 Å². The predicted molar refractivity (Wildman–Crippen MR) is 127 cm³/mol. The average molecular weight is 463 g/mol. The smallest absolute Gasteiger partial charge is 0.331 e. The summed E-state index contributed by atoms with van der Waals surface area (Å²) in [7, 11) is 0. The molecule has 0 saturated carbocycles. The van der Waals surface area contributed by atoms with Crippen LogP contribution in [0.2, 0.25) is 5.15 Å². The molecule has 8 heteroatoms. The standard InChI is InChI=1S/C25H23ClN4O3/c1-16-4-7-19(8-5-16)14-30-25(26)21(18(3)28-30)9-11-24(32)33-15-20-12-23(31)29-13-17(2)6-10-22(29)27-20/h4-13H,14-15H2,1-3H3/b11-9+. The van der Waals surface area contributed by atoms with E-state index in [1.54, 1.807) is 23.0 Å². The molecule has 0 amide bonds. The molecule has 1 aromatic carbocycles. The maximum Gasteiger partial charge on any atom is 0.331 e. The minimum absolute atomic E-state index is 0.109. The van der Waals surface area contributed by atoms with Gasteiger partial charge in [0.1, 0.15) is 17.4 Å². The molecular weight excluding hydrogens is 440 g/mol. The number of aryl methyl sites for hydroxylation is 3. The Morgan fingerprint density at radius 2 is 1.82 bits per heavy atom. The maximum atomic E-state index is 12.3. The Labute approximate surface area is 195 Å². The normalized spacial score (nSPS) is 11.4. The summed E-state index contributed by atoms with van der Waals surface area (Å²) < 4.78 is 8.42. The SMILES string of the molecule is Cc1ccc(Cn2nc(C)c(/C=C/C(=O)OCc3cc(=O)n4cc(C)ccc4n3)c2Cl)cc1. The molecule has 0 radical (unpaired) electrons. The second kappa shape index (κ2) is 9.42. The summed E-state index contributed by atoms with van der Waals surface area (Å²) in [6, 6.07) is 13.1. The molecule has 0 aliphatic carbocycles. The monoisotopic (exact) mass is 462 g/mol. The lowest BCUT2D eigenvalue weighted by atomic mass is 10.1. The lowest BCUT2D eigenvalue weighted by Gasteiger charge is -2.05. The number of pyridine rings is 1. The molecule has 33 heavy (non-hydrogen) atoms. The van der Waals surface area contributed by atoms with Crippen LogP contribution in [0, 0.1) is 20.8 Å². The number of fused-ring (bicyclic) bond motifs is 1. The number of nitrogens with zero attached hydrogens (tertiary/aromatic N) is 4. The van der Waals surface area contributed by atoms with Crippen LogP contribution in [0.25, 0.3) is 11.7 Å². The second-order valence-corrected chi connectivity index (χ2v) is 8.25. The maximum absolute atomic E-state index is 12.3. The topological polar surface area (TPSA) is 78.5 Å². The van der Waals surface area contributed by atoms with Gasteiger partial charge in [-0.3, -0.25) is 9.20 Å². The molecule has 4 aromatic rings. The van der Waals surface area contributed by atoms with Gasteiger partial charge in [0, 0.05) is 23.9 Å². The molecule has 0 unspecified atom stereocenters. The van der Waals surface area contributed by atoms with Crippen LogP contribution in [-0.4, -0.2) is 25.1 Å². The first-order valence-corrected chi connectivity index (χ1v) is 10.8. The molecule has 0 bridgehead atoms. The van der Waals surface area contributed by atoms with E-state index in [0.717, 1.165) is 11.1 Å². The highest BCUT2D eigenvalue weighted by atomic mass is 35.5. The minimum atomic E-state index is -0.567. The van der Waals surface area contributed by atoms with Crippen molar-refractivity contribution in [1.29, 1.82) is 0 Å². The Hall–Kier alpha value is -3.71. The number of aromatic nitrogens is 4. The summed E-state index contributed by atoms with van der Waals surface area (Å²) in [6.45, 7) is 6.18. The van der Waals surface area contributed by atoms with E-state index in [1.165, 1.54) is 22.1 Å². The van der Waals surface area contributed by atoms with E-state index >= 15 is 0 Å². The highest BCUT2D eigenvalue weighted by Crippen LogP contribution is 2.22. The lowest BCUT2D eigenvalue weighted by Crippen LogP contribution is -2.16. The molecule has 0 saturated heterocycles. The van der Waals surface area contributed by atoms with E-state index in [0.29, 0.717) is 34.3 Å². The van der Waals surface area contributed by atoms with Gasteiger partial charge in [-0.15, -0.1) is 0 Å². The van der Waals surface area contributed by atoms with E-state index in [1.807, 2.05) is 51.1 Å². The summed E-state index contributed by atoms with van der Waals surface area (Å²) >= 11 is 6.50. The van der Waals surface area contributed by atoms with Crippen LogP contribution in [0.4, 0.5) is 0 Å². The first-order chi connectivity index (χ1) is 15.8. The molecule has 168 valence electrons. The van der Waals surface area contributed by atoms with Crippen LogP contribution in [0.1, 0.15) is 33.6 Å². The van der Waals surface area contributed by atoms with Crippen LogP contribution in [0.3, 0.4) is 0 Å². The summed E-state index contributed by atoms with van der Waals surface area (Å²) in [5.74, 6) is -0.567. The van der Waals surface area contributed by atoms with Crippen LogP contribution in [0.15, 0.2) is 59.5 Å². The molecule has 3 heterocycles. The van der Waals surface area contributed by atoms with Gasteiger partial charge in [0.05, 0.1) is 17.9 Å². The van der Waals surface area contributed by atoms with Crippen molar-refractivity contribution in [3.05, 3.63) is 104 Å². The number of ether oxygens (including phenoxy) is 1. The molecule has 0 spiro atoms. The van der Waals surface area contributed by atoms with Gasteiger partial charge >= 0.3 is 5.97 Å². The predicted octanol–water partition coefficient (Wildman–Crippen LogP) is 4.27. The first-order valence-electron chi connectivity index (χ1n) is 10.4. The van der Waals surface area contributed by atoms with Gasteiger partial charge in [-0.2, -0.15) is 5.10 Å². The zero-order valence-corrected chi connectivity index (χ0v) is 19.3. The summed E-state index contributed by atoms with van der Waals surface area (Å²) in [6.07, 6.45) is 4.60. The Morgan fingerprint density at radius 1 is 1.09 bits per heavy atom. The van der Waals surface area contributed by atoms with Gasteiger partial charge in [-0.1, -0.05) is 47.5 Å². The van der Waals surface area contributed by atoms with Gasteiger partial charge in [-0.25, -0.2) is 14.5 Å². The molecule has 7 nitrogen and oxygen atoms in total. The van der Waals surface area contributed by atoms with Crippen LogP contribution < -0.4 is 5.56 Å². The van der Waals surface area contributed by atoms with E-state index < -0.39 is 5.97 Å². The highest BCUT2D eigenvalue weighted by Gasteiger charge is 2.12. The number of rotatable bonds is 6. The van der Waals surface area contributed by atoms with Gasteiger partial charge in [0.25, 0.3) is 5.56 Å². The van der Waals surface area contributed by atoms with E-state index in [2.05, 4.69) is 10.1 Å². The summed E-state index contributed by atoms with van der Waals surface area (Å²) in [5.41, 5.74) is 5.22. The van der Waals surface area contributed by atoms with Crippen molar-refractivity contribution in [1.82, 2.24) is 19.2 Å². The number of hydrogen-bond donors (Lipinski definition) is 0. The Morgan fingerprint density at radius 3 is 2.58 bits per heavy atom. The van der Waals surface area contributed by atoms with Gasteiger partial charge in [0.15, 0.2) is 0 Å². The highest BCUT2D eigenvalue weighted by molar-refractivity contribution is 6.31. The molecule has 0 aliphatic rings. The number of carbonyl (C=O) groups is 1. The van der Waals surface area contributed by atoms with Gasteiger partial charge < -0.3 is 4.74 Å². The molecule has 4 rings (SSSR count). The molecule has 0 atom stereocenters. The van der Waals surface area contributed by atoms with E-state index in [9.17, 15) is 9.59 Å². The fourth-order valence-corrected chi connectivity index (χ4v) is 3.70. The van der Waals surface area contributed by atoms with Crippen LogP contribution >= 0.6 is 11.6 Å². The zero-order chi connectivity index (χ0) is 23.5. The number of carbonyl (C=O) groups excluding carboxylic acids is 1. The molecule has 0 N–H and O–H groups in total. The minimum Gasteiger partial charge on any atom is -0.456 e. The third-order valence-corrected chi connectivity index (χ3v) is 5.57. The second-order valence-electron chi connectivity index (χ2n) is 7.89. The average Bonchev–Trinajstić information content (AvgIpc) is 3.05. The molecule has 0 aliphatic heterocycles. The zero-order valence-electron chi connectivity index (χ0n) is 18.6. The fourth-order valence-electron chi connectivity index (χ4n) is 3.40. The number of benzene rings is 1. The lowest BCUT2D eigenvalue weighted by molar-refractivity contribution is -0.139. The van der Waals surface area contributed by atoms with Crippen molar-refractivity contribution in [2.24, 2.45) is 0 Å². The summed E-state index contributed by atoms with van der Waals surface area (Å²) in [4.78, 5) is 28.9. The van der Waals surface area contributed by atoms with Crippen molar-refractivity contribution in [3.63, 3.8) is 0 Å². The largest absolute Gasteiger partial charge is 0.456 e. The number of halogens is 1. The Bertz CT molecular complexity index is 1420. The van der Waals surface area contributed by atoms with E-state index in [-0.39, 0.29) is 12.2 Å². The number of esters is 1. The van der Waals surface area contributed by atoms with E-state index in [4.69, 9.17) is 16.3 Å². The fraction of sp³-hybridized carbons (Fsp3) is 0.200. The van der Waals surface area contributed by atoms with Crippen molar-refractivity contribution >= 4 is 29.3 Å². The van der Waals surface area contributed by atoms with Gasteiger partial charge in [-0.05, 0) is 44.0 Å². The third-order valence-electron chi connectivity index (χ3n) is 5.17.